The molecule has 0 unspecified atom stereocenters. The van der Waals surface area contributed by atoms with Crippen molar-refractivity contribution in [3.8, 4) is 0 Å². The predicted octanol–water partition coefficient (Wildman–Crippen LogP) is 5.38. The molecule has 0 radical (unpaired) electrons. The molecule has 2 amide bonds. The van der Waals surface area contributed by atoms with Gasteiger partial charge in [0.05, 0.1) is 10.2 Å². The van der Waals surface area contributed by atoms with E-state index in [9.17, 15) is 9.59 Å². The number of likely N-dealkylation sites (N-methyl/N-ethyl adjacent to an activating group) is 1. The maximum atomic E-state index is 13.3. The molecule has 0 spiro atoms. The van der Waals surface area contributed by atoms with Gasteiger partial charge in [0.15, 0.2) is 0 Å². The second-order valence-electron chi connectivity index (χ2n) is 8.26. The highest BCUT2D eigenvalue weighted by Gasteiger charge is 2.23. The predicted molar refractivity (Wildman–Crippen MR) is 128 cm³/mol. The number of carbonyl (C=O) groups is 2. The first kappa shape index (κ1) is 21.6. The minimum Gasteiger partial charge on any atom is -0.348 e. The Labute approximate surface area is 188 Å². The quantitative estimate of drug-likeness (QED) is 0.539. The molecular weight excluding hydrogens is 406 g/mol. The van der Waals surface area contributed by atoms with Crippen LogP contribution in [0.2, 0.25) is 0 Å². The third kappa shape index (κ3) is 4.69. The molecule has 1 N–H and O–H groups in total. The highest BCUT2D eigenvalue weighted by molar-refractivity contribution is 7.17. The number of carbonyl (C=O) groups excluding carboxylic acids is 2. The summed E-state index contributed by atoms with van der Waals surface area (Å²) < 4.78 is 2.93. The normalized spacial score (nSPS) is 14.6. The molecule has 0 saturated heterocycles. The molecule has 31 heavy (non-hydrogen) atoms. The lowest BCUT2D eigenvalue weighted by Crippen LogP contribution is -2.38. The highest BCUT2D eigenvalue weighted by atomic mass is 32.1. The van der Waals surface area contributed by atoms with Crippen molar-refractivity contribution in [2.75, 3.05) is 11.4 Å². The number of aromatic nitrogens is 1. The molecule has 1 aromatic carbocycles. The average Bonchev–Trinajstić information content (AvgIpc) is 3.38. The van der Waals surface area contributed by atoms with Gasteiger partial charge < -0.3 is 14.8 Å². The SMILES string of the molecule is CCc1cccc(N(CC)C(=O)Cn2c(C(=O)NC3CCCCC3)cc3sccc32)c1. The van der Waals surface area contributed by atoms with E-state index in [1.807, 2.05) is 41.1 Å². The van der Waals surface area contributed by atoms with Crippen LogP contribution >= 0.6 is 11.3 Å². The van der Waals surface area contributed by atoms with Gasteiger partial charge in [0.2, 0.25) is 5.91 Å². The minimum absolute atomic E-state index is 0.00818. The van der Waals surface area contributed by atoms with E-state index >= 15 is 0 Å². The molecule has 4 rings (SSSR count). The summed E-state index contributed by atoms with van der Waals surface area (Å²) in [6.07, 6.45) is 6.59. The lowest BCUT2D eigenvalue weighted by molar-refractivity contribution is -0.119. The van der Waals surface area contributed by atoms with E-state index in [-0.39, 0.29) is 24.4 Å². The van der Waals surface area contributed by atoms with Crippen LogP contribution in [-0.4, -0.2) is 29.0 Å². The maximum absolute atomic E-state index is 13.3. The summed E-state index contributed by atoms with van der Waals surface area (Å²) in [5.74, 6) is -0.0784. The van der Waals surface area contributed by atoms with Gasteiger partial charge in [-0.2, -0.15) is 0 Å². The first-order valence-electron chi connectivity index (χ1n) is 11.4. The molecule has 1 aliphatic rings. The summed E-state index contributed by atoms with van der Waals surface area (Å²) in [7, 11) is 0. The third-order valence-electron chi connectivity index (χ3n) is 6.24. The van der Waals surface area contributed by atoms with Crippen molar-refractivity contribution in [3.05, 3.63) is 53.0 Å². The van der Waals surface area contributed by atoms with Gasteiger partial charge in [-0.1, -0.05) is 38.3 Å². The summed E-state index contributed by atoms with van der Waals surface area (Å²) in [5, 5.41) is 5.22. The van der Waals surface area contributed by atoms with Crippen LogP contribution in [0.4, 0.5) is 5.69 Å². The number of nitrogens with zero attached hydrogens (tertiary/aromatic N) is 2. The maximum Gasteiger partial charge on any atom is 0.268 e. The number of hydrogen-bond acceptors (Lipinski definition) is 3. The van der Waals surface area contributed by atoms with E-state index in [2.05, 4.69) is 24.4 Å². The molecule has 5 nitrogen and oxygen atoms in total. The van der Waals surface area contributed by atoms with Crippen LogP contribution in [-0.2, 0) is 17.8 Å². The number of aryl methyl sites for hydroxylation is 1. The van der Waals surface area contributed by atoms with Crippen molar-refractivity contribution in [1.29, 1.82) is 0 Å². The largest absolute Gasteiger partial charge is 0.348 e. The Balaban J connectivity index is 1.59. The molecule has 164 valence electrons. The summed E-state index contributed by atoms with van der Waals surface area (Å²) in [6, 6.07) is 12.3. The third-order valence-corrected chi connectivity index (χ3v) is 7.09. The number of benzene rings is 1. The summed E-state index contributed by atoms with van der Waals surface area (Å²) in [5.41, 5.74) is 3.65. The molecular formula is C25H31N3O2S. The average molecular weight is 438 g/mol. The van der Waals surface area contributed by atoms with E-state index in [0.717, 1.165) is 35.2 Å². The van der Waals surface area contributed by atoms with Gasteiger partial charge in [0.25, 0.3) is 5.91 Å². The Morgan fingerprint density at radius 2 is 1.94 bits per heavy atom. The molecule has 2 aromatic heterocycles. The van der Waals surface area contributed by atoms with Gasteiger partial charge in [-0.3, -0.25) is 9.59 Å². The van der Waals surface area contributed by atoms with Gasteiger partial charge in [-0.05, 0) is 61.4 Å². The second-order valence-corrected chi connectivity index (χ2v) is 9.20. The van der Waals surface area contributed by atoms with Gasteiger partial charge in [-0.25, -0.2) is 0 Å². The Bertz CT molecular complexity index is 1060. The van der Waals surface area contributed by atoms with E-state index in [4.69, 9.17) is 0 Å². The molecule has 2 heterocycles. The summed E-state index contributed by atoms with van der Waals surface area (Å²) >= 11 is 1.60. The number of thiophene rings is 1. The summed E-state index contributed by atoms with van der Waals surface area (Å²) in [4.78, 5) is 28.3. The zero-order valence-corrected chi connectivity index (χ0v) is 19.2. The van der Waals surface area contributed by atoms with Crippen LogP contribution in [0.25, 0.3) is 10.2 Å². The van der Waals surface area contributed by atoms with Crippen LogP contribution in [0.5, 0.6) is 0 Å². The van der Waals surface area contributed by atoms with Crippen LogP contribution in [0.1, 0.15) is 62.0 Å². The van der Waals surface area contributed by atoms with Crippen molar-refractivity contribution in [2.24, 2.45) is 0 Å². The van der Waals surface area contributed by atoms with Crippen molar-refractivity contribution < 1.29 is 9.59 Å². The Morgan fingerprint density at radius 3 is 2.68 bits per heavy atom. The topological polar surface area (TPSA) is 54.3 Å². The zero-order chi connectivity index (χ0) is 21.8. The van der Waals surface area contributed by atoms with Crippen LogP contribution in [0.3, 0.4) is 0 Å². The minimum atomic E-state index is -0.0703. The molecule has 0 aliphatic heterocycles. The first-order chi connectivity index (χ1) is 15.1. The Kier molecular flexibility index (Phi) is 6.76. The molecule has 0 atom stereocenters. The number of amides is 2. The molecule has 1 aliphatic carbocycles. The number of hydrogen-bond donors (Lipinski definition) is 1. The standard InChI is InChI=1S/C25H31N3O2S/c1-3-18-9-8-12-20(15-18)27(4-2)24(29)17-28-21-13-14-31-23(21)16-22(28)25(30)26-19-10-6-5-7-11-19/h8-9,12-16,19H,3-7,10-11,17H2,1-2H3,(H,26,30). The summed E-state index contributed by atoms with van der Waals surface area (Å²) in [6.45, 7) is 4.84. The van der Waals surface area contributed by atoms with E-state index in [1.54, 1.807) is 16.2 Å². The fourth-order valence-electron chi connectivity index (χ4n) is 4.51. The Hall–Kier alpha value is -2.60. The molecule has 0 bridgehead atoms. The first-order valence-corrected chi connectivity index (χ1v) is 12.3. The zero-order valence-electron chi connectivity index (χ0n) is 18.4. The molecule has 6 heteroatoms. The van der Waals surface area contributed by atoms with E-state index in [0.29, 0.717) is 12.2 Å². The molecule has 1 fully saturated rings. The van der Waals surface area contributed by atoms with Crippen molar-refractivity contribution in [2.45, 2.75) is 65.0 Å². The molecule has 3 aromatic rings. The smallest absolute Gasteiger partial charge is 0.268 e. The number of rotatable bonds is 7. The number of nitrogens with one attached hydrogen (secondary N) is 1. The van der Waals surface area contributed by atoms with Gasteiger partial charge in [-0.15, -0.1) is 11.3 Å². The molecule has 1 saturated carbocycles. The lowest BCUT2D eigenvalue weighted by Gasteiger charge is -2.24. The van der Waals surface area contributed by atoms with Gasteiger partial charge >= 0.3 is 0 Å². The monoisotopic (exact) mass is 437 g/mol. The van der Waals surface area contributed by atoms with E-state index < -0.39 is 0 Å². The van der Waals surface area contributed by atoms with Crippen molar-refractivity contribution >= 4 is 39.1 Å². The number of fused-ring (bicyclic) bond motifs is 1. The second kappa shape index (κ2) is 9.69. The van der Waals surface area contributed by atoms with Crippen LogP contribution in [0.15, 0.2) is 41.8 Å². The Morgan fingerprint density at radius 1 is 1.13 bits per heavy atom. The van der Waals surface area contributed by atoms with Gasteiger partial charge in [0.1, 0.15) is 12.2 Å². The van der Waals surface area contributed by atoms with Crippen LogP contribution < -0.4 is 10.2 Å². The fraction of sp³-hybridized carbons (Fsp3) is 0.440. The van der Waals surface area contributed by atoms with E-state index in [1.165, 1.54) is 24.8 Å². The highest BCUT2D eigenvalue weighted by Crippen LogP contribution is 2.27. The fourth-order valence-corrected chi connectivity index (χ4v) is 5.33. The van der Waals surface area contributed by atoms with Crippen molar-refractivity contribution in [1.82, 2.24) is 9.88 Å². The number of anilines is 1. The van der Waals surface area contributed by atoms with Gasteiger partial charge in [0, 0.05) is 18.3 Å². The van der Waals surface area contributed by atoms with Crippen molar-refractivity contribution in [3.63, 3.8) is 0 Å². The van der Waals surface area contributed by atoms with Crippen LogP contribution in [0, 0.1) is 0 Å². The lowest BCUT2D eigenvalue weighted by atomic mass is 9.95.